The molecule has 116 valence electrons. The summed E-state index contributed by atoms with van der Waals surface area (Å²) in [6.07, 6.45) is -0.0416. The zero-order valence-electron chi connectivity index (χ0n) is 13.0. The van der Waals surface area contributed by atoms with Crippen molar-refractivity contribution in [3.05, 3.63) is 46.2 Å². The molecular weight excluding hydrogens is 300 g/mol. The molecule has 1 aromatic heterocycles. The van der Waals surface area contributed by atoms with E-state index >= 15 is 0 Å². The molecule has 1 saturated heterocycles. The van der Waals surface area contributed by atoms with Crippen molar-refractivity contribution in [1.82, 2.24) is 15.2 Å². The van der Waals surface area contributed by atoms with Crippen molar-refractivity contribution < 1.29 is 4.74 Å². The molecule has 5 nitrogen and oxygen atoms in total. The Balaban J connectivity index is 1.86. The maximum Gasteiger partial charge on any atom is 0.246 e. The van der Waals surface area contributed by atoms with Gasteiger partial charge in [-0.15, -0.1) is 5.10 Å². The molecule has 2 atom stereocenters. The smallest absolute Gasteiger partial charge is 0.246 e. The van der Waals surface area contributed by atoms with Gasteiger partial charge >= 0.3 is 0 Å². The summed E-state index contributed by atoms with van der Waals surface area (Å²) in [4.78, 5) is 6.71. The van der Waals surface area contributed by atoms with E-state index < -0.39 is 0 Å². The molecule has 1 aliphatic rings. The third-order valence-electron chi connectivity index (χ3n) is 3.99. The molecule has 22 heavy (non-hydrogen) atoms. The minimum absolute atomic E-state index is 0.0416. The highest BCUT2D eigenvalue weighted by Crippen LogP contribution is 2.28. The third kappa shape index (κ3) is 3.05. The van der Waals surface area contributed by atoms with Gasteiger partial charge in [-0.3, -0.25) is 0 Å². The van der Waals surface area contributed by atoms with Crippen LogP contribution in [0.15, 0.2) is 24.3 Å². The normalized spacial score (nSPS) is 21.9. The highest BCUT2D eigenvalue weighted by atomic mass is 35.5. The molecular formula is C16H19ClN4O. The van der Waals surface area contributed by atoms with Crippen LogP contribution >= 0.6 is 11.6 Å². The van der Waals surface area contributed by atoms with Crippen LogP contribution in [0.25, 0.3) is 0 Å². The van der Waals surface area contributed by atoms with E-state index in [4.69, 9.17) is 16.3 Å². The molecule has 2 heterocycles. The molecule has 2 aromatic rings. The topological polar surface area (TPSA) is 51.1 Å². The number of anilines is 1. The standard InChI is InChI=1S/C16H19ClN4O/c1-10-9-22-15(13-5-4-6-14(17)7-13)8-21(10)16-18-11(2)12(3)19-20-16/h4-7,10,15H,8-9H2,1-3H3/t10-,15+/m0/s1. The average Bonchev–Trinajstić information content (AvgIpc) is 2.51. The molecule has 0 radical (unpaired) electrons. The fourth-order valence-corrected chi connectivity index (χ4v) is 2.71. The third-order valence-corrected chi connectivity index (χ3v) is 4.23. The summed E-state index contributed by atoms with van der Waals surface area (Å²) in [6, 6.07) is 7.99. The number of benzene rings is 1. The molecule has 1 fully saturated rings. The maximum absolute atomic E-state index is 6.08. The Morgan fingerprint density at radius 3 is 2.77 bits per heavy atom. The zero-order chi connectivity index (χ0) is 15.7. The summed E-state index contributed by atoms with van der Waals surface area (Å²) >= 11 is 6.08. The molecule has 0 unspecified atom stereocenters. The quantitative estimate of drug-likeness (QED) is 0.851. The molecule has 0 bridgehead atoms. The lowest BCUT2D eigenvalue weighted by atomic mass is 10.1. The van der Waals surface area contributed by atoms with Crippen molar-refractivity contribution in [3.63, 3.8) is 0 Å². The van der Waals surface area contributed by atoms with Gasteiger partial charge < -0.3 is 9.64 Å². The number of halogens is 1. The van der Waals surface area contributed by atoms with Crippen LogP contribution in [0.4, 0.5) is 5.95 Å². The Morgan fingerprint density at radius 2 is 2.05 bits per heavy atom. The summed E-state index contributed by atoms with van der Waals surface area (Å²) in [7, 11) is 0. The van der Waals surface area contributed by atoms with Gasteiger partial charge in [0.15, 0.2) is 0 Å². The Bertz CT molecular complexity index is 679. The summed E-state index contributed by atoms with van der Waals surface area (Å²) in [5.41, 5.74) is 2.83. The predicted octanol–water partition coefficient (Wildman–Crippen LogP) is 3.11. The lowest BCUT2D eigenvalue weighted by Gasteiger charge is -2.38. The molecule has 0 N–H and O–H groups in total. The Kier molecular flexibility index (Phi) is 4.27. The van der Waals surface area contributed by atoms with Crippen molar-refractivity contribution in [2.24, 2.45) is 0 Å². The van der Waals surface area contributed by atoms with E-state index in [0.29, 0.717) is 19.1 Å². The minimum Gasteiger partial charge on any atom is -0.370 e. The number of aromatic nitrogens is 3. The second-order valence-corrected chi connectivity index (χ2v) is 6.10. The van der Waals surface area contributed by atoms with Crippen molar-refractivity contribution in [1.29, 1.82) is 0 Å². The predicted molar refractivity (Wildman–Crippen MR) is 86.3 cm³/mol. The summed E-state index contributed by atoms with van der Waals surface area (Å²) in [5, 5.41) is 9.14. The number of hydrogen-bond acceptors (Lipinski definition) is 5. The Labute approximate surface area is 135 Å². The second-order valence-electron chi connectivity index (χ2n) is 5.66. The molecule has 3 rings (SSSR count). The molecule has 0 saturated carbocycles. The minimum atomic E-state index is -0.0416. The van der Waals surface area contributed by atoms with Gasteiger partial charge in [0.1, 0.15) is 6.10 Å². The maximum atomic E-state index is 6.08. The number of rotatable bonds is 2. The van der Waals surface area contributed by atoms with Crippen LogP contribution < -0.4 is 4.90 Å². The number of hydrogen-bond donors (Lipinski definition) is 0. The monoisotopic (exact) mass is 318 g/mol. The van der Waals surface area contributed by atoms with Gasteiger partial charge in [-0.25, -0.2) is 4.98 Å². The van der Waals surface area contributed by atoms with Crippen molar-refractivity contribution >= 4 is 17.5 Å². The highest BCUT2D eigenvalue weighted by Gasteiger charge is 2.29. The summed E-state index contributed by atoms with van der Waals surface area (Å²) in [5.74, 6) is 0.658. The van der Waals surface area contributed by atoms with Gasteiger partial charge in [-0.05, 0) is 38.5 Å². The first-order valence-electron chi connectivity index (χ1n) is 7.36. The summed E-state index contributed by atoms with van der Waals surface area (Å²) in [6.45, 7) is 7.27. The van der Waals surface area contributed by atoms with Crippen LogP contribution in [0.3, 0.4) is 0 Å². The fourth-order valence-electron chi connectivity index (χ4n) is 2.51. The number of aryl methyl sites for hydroxylation is 2. The van der Waals surface area contributed by atoms with Gasteiger partial charge in [0, 0.05) is 5.02 Å². The first-order valence-corrected chi connectivity index (χ1v) is 7.74. The first-order chi connectivity index (χ1) is 10.5. The van der Waals surface area contributed by atoms with Gasteiger partial charge in [0.25, 0.3) is 0 Å². The van der Waals surface area contributed by atoms with Crippen molar-refractivity contribution in [2.75, 3.05) is 18.1 Å². The zero-order valence-corrected chi connectivity index (χ0v) is 13.7. The largest absolute Gasteiger partial charge is 0.370 e. The van der Waals surface area contributed by atoms with E-state index in [1.54, 1.807) is 0 Å². The van der Waals surface area contributed by atoms with Crippen LogP contribution in [-0.2, 0) is 4.74 Å². The fraction of sp³-hybridized carbons (Fsp3) is 0.438. The van der Waals surface area contributed by atoms with Gasteiger partial charge in [0.2, 0.25) is 5.95 Å². The van der Waals surface area contributed by atoms with E-state index in [-0.39, 0.29) is 12.1 Å². The average molecular weight is 319 g/mol. The molecule has 6 heteroatoms. The van der Waals surface area contributed by atoms with E-state index in [1.807, 2.05) is 38.1 Å². The Hall–Kier alpha value is -1.72. The van der Waals surface area contributed by atoms with E-state index in [1.165, 1.54) is 0 Å². The molecule has 0 spiro atoms. The molecule has 0 amide bonds. The molecule has 0 aliphatic carbocycles. The number of ether oxygens (including phenoxy) is 1. The second kappa shape index (κ2) is 6.18. The van der Waals surface area contributed by atoms with Crippen molar-refractivity contribution in [3.8, 4) is 0 Å². The van der Waals surface area contributed by atoms with Crippen LogP contribution in [0.5, 0.6) is 0 Å². The highest BCUT2D eigenvalue weighted by molar-refractivity contribution is 6.30. The van der Waals surface area contributed by atoms with Crippen LogP contribution in [-0.4, -0.2) is 34.4 Å². The Morgan fingerprint density at radius 1 is 1.23 bits per heavy atom. The lowest BCUT2D eigenvalue weighted by molar-refractivity contribution is 0.0208. The van der Waals surface area contributed by atoms with E-state index in [9.17, 15) is 0 Å². The van der Waals surface area contributed by atoms with Crippen LogP contribution in [0.2, 0.25) is 5.02 Å². The summed E-state index contributed by atoms with van der Waals surface area (Å²) < 4.78 is 5.96. The first kappa shape index (κ1) is 15.2. The van der Waals surface area contributed by atoms with E-state index in [2.05, 4.69) is 27.0 Å². The number of nitrogens with zero attached hydrogens (tertiary/aromatic N) is 4. The van der Waals surface area contributed by atoms with Gasteiger partial charge in [-0.2, -0.15) is 5.10 Å². The van der Waals surface area contributed by atoms with Gasteiger partial charge in [-0.1, -0.05) is 23.7 Å². The van der Waals surface area contributed by atoms with Gasteiger partial charge in [0.05, 0.1) is 30.6 Å². The van der Waals surface area contributed by atoms with Crippen LogP contribution in [0, 0.1) is 13.8 Å². The van der Waals surface area contributed by atoms with Crippen LogP contribution in [0.1, 0.15) is 30.0 Å². The molecule has 1 aromatic carbocycles. The van der Waals surface area contributed by atoms with Crippen molar-refractivity contribution in [2.45, 2.75) is 32.9 Å². The lowest BCUT2D eigenvalue weighted by Crippen LogP contribution is -2.46. The van der Waals surface area contributed by atoms with E-state index in [0.717, 1.165) is 22.0 Å². The molecule has 1 aliphatic heterocycles. The SMILES string of the molecule is Cc1nnc(N2C[C@H](c3cccc(Cl)c3)OC[C@@H]2C)nc1C. The number of morpholine rings is 1.